The fourth-order valence-corrected chi connectivity index (χ4v) is 4.04. The number of carbonyl (C=O) groups excluding carboxylic acids is 2. The Hall–Kier alpha value is -4.19. The van der Waals surface area contributed by atoms with Crippen molar-refractivity contribution in [3.05, 3.63) is 119 Å². The normalized spacial score (nSPS) is 16.2. The number of Topliss-reactive ketones (excluding diaryl/α,β-unsaturated/α-hetero) is 1. The van der Waals surface area contributed by atoms with Crippen LogP contribution in [0.25, 0.3) is 11.0 Å². The van der Waals surface area contributed by atoms with Crippen LogP contribution in [0.1, 0.15) is 27.7 Å². The van der Waals surface area contributed by atoms with E-state index in [0.29, 0.717) is 16.7 Å². The highest BCUT2D eigenvalue weighted by molar-refractivity contribution is 6.16. The summed E-state index contributed by atoms with van der Waals surface area (Å²) in [6.07, 6.45) is 0. The number of aliphatic hydroxyl groups is 1. The van der Waals surface area contributed by atoms with Gasteiger partial charge in [0.25, 0.3) is 5.91 Å². The number of amides is 1. The molecule has 0 spiro atoms. The van der Waals surface area contributed by atoms with Crippen molar-refractivity contribution in [1.29, 1.82) is 0 Å². The number of fused-ring (bicyclic) bond motifs is 1. The lowest BCUT2D eigenvalue weighted by Crippen LogP contribution is -2.30. The fourth-order valence-electron chi connectivity index (χ4n) is 4.04. The van der Waals surface area contributed by atoms with Crippen LogP contribution in [-0.4, -0.2) is 21.7 Å². The quantitative estimate of drug-likeness (QED) is 0.436. The lowest BCUT2D eigenvalue weighted by molar-refractivity contribution is -0.130. The van der Waals surface area contributed by atoms with E-state index in [1.165, 1.54) is 17.0 Å². The number of hydrogen-bond acceptors (Lipinski definition) is 4. The van der Waals surface area contributed by atoms with E-state index in [0.717, 1.165) is 5.39 Å². The third-order valence-corrected chi connectivity index (χ3v) is 5.58. The summed E-state index contributed by atoms with van der Waals surface area (Å²) in [5.41, 5.74) is 1.85. The standard InChI is InChI=1S/C26H18FNO4/c27-19-12-10-16(11-13-19)15-28-23(17-6-2-1-3-7-17)22(25(30)26(28)31)24(29)21-14-18-8-4-5-9-20(18)32-21/h1-14,23,30H,15H2. The first kappa shape index (κ1) is 19.8. The predicted molar refractivity (Wildman–Crippen MR) is 116 cm³/mol. The highest BCUT2D eigenvalue weighted by Gasteiger charge is 2.44. The minimum atomic E-state index is -0.811. The summed E-state index contributed by atoms with van der Waals surface area (Å²) in [6, 6.07) is 22.8. The van der Waals surface area contributed by atoms with E-state index < -0.39 is 23.5 Å². The van der Waals surface area contributed by atoms with Gasteiger partial charge < -0.3 is 14.4 Å². The molecule has 3 aromatic carbocycles. The molecule has 1 aliphatic rings. The van der Waals surface area contributed by atoms with Crippen LogP contribution in [-0.2, 0) is 11.3 Å². The Labute approximate surface area is 183 Å². The van der Waals surface area contributed by atoms with E-state index >= 15 is 0 Å². The molecule has 4 aromatic rings. The molecule has 2 heterocycles. The van der Waals surface area contributed by atoms with Crippen molar-refractivity contribution in [2.45, 2.75) is 12.6 Å². The molecule has 0 fully saturated rings. The minimum Gasteiger partial charge on any atom is -0.503 e. The number of nitrogens with zero attached hydrogens (tertiary/aromatic N) is 1. The first-order chi connectivity index (χ1) is 15.5. The molecule has 0 aliphatic carbocycles. The van der Waals surface area contributed by atoms with Gasteiger partial charge in [-0.2, -0.15) is 0 Å². The maximum atomic E-state index is 13.5. The van der Waals surface area contributed by atoms with Gasteiger partial charge >= 0.3 is 0 Å². The molecule has 1 atom stereocenters. The Morgan fingerprint density at radius 3 is 2.38 bits per heavy atom. The molecule has 1 unspecified atom stereocenters. The SMILES string of the molecule is O=C(C1=C(O)C(=O)N(Cc2ccc(F)cc2)C1c1ccccc1)c1cc2ccccc2o1. The van der Waals surface area contributed by atoms with Crippen LogP contribution in [0, 0.1) is 5.82 Å². The van der Waals surface area contributed by atoms with Crippen LogP contribution in [0.5, 0.6) is 0 Å². The Balaban J connectivity index is 1.58. The number of hydrogen-bond donors (Lipinski definition) is 1. The summed E-state index contributed by atoms with van der Waals surface area (Å²) < 4.78 is 19.1. The van der Waals surface area contributed by atoms with E-state index in [4.69, 9.17) is 4.42 Å². The first-order valence-electron chi connectivity index (χ1n) is 10.1. The van der Waals surface area contributed by atoms with Gasteiger partial charge in [0.15, 0.2) is 11.5 Å². The summed E-state index contributed by atoms with van der Waals surface area (Å²) in [5, 5.41) is 11.5. The van der Waals surface area contributed by atoms with Gasteiger partial charge in [0.05, 0.1) is 11.6 Å². The molecule has 5 rings (SSSR count). The maximum Gasteiger partial charge on any atom is 0.290 e. The molecule has 5 nitrogen and oxygen atoms in total. The minimum absolute atomic E-state index is 0.0395. The zero-order valence-corrected chi connectivity index (χ0v) is 16.9. The second-order valence-electron chi connectivity index (χ2n) is 7.61. The molecule has 1 aromatic heterocycles. The predicted octanol–water partition coefficient (Wildman–Crippen LogP) is 5.35. The Kier molecular flexibility index (Phi) is 4.82. The van der Waals surface area contributed by atoms with Gasteiger partial charge in [-0.25, -0.2) is 4.39 Å². The first-order valence-corrected chi connectivity index (χ1v) is 10.1. The zero-order chi connectivity index (χ0) is 22.2. The fraction of sp³-hybridized carbons (Fsp3) is 0.0769. The number of furan rings is 1. The lowest BCUT2D eigenvalue weighted by Gasteiger charge is -2.26. The molecule has 6 heteroatoms. The largest absolute Gasteiger partial charge is 0.503 e. The van der Waals surface area contributed by atoms with Crippen LogP contribution >= 0.6 is 0 Å². The van der Waals surface area contributed by atoms with Crippen molar-refractivity contribution in [2.24, 2.45) is 0 Å². The van der Waals surface area contributed by atoms with E-state index in [9.17, 15) is 19.1 Å². The maximum absolute atomic E-state index is 13.5. The van der Waals surface area contributed by atoms with Gasteiger partial charge in [0, 0.05) is 11.9 Å². The number of benzene rings is 3. The van der Waals surface area contributed by atoms with Crippen LogP contribution in [0.15, 0.2) is 101 Å². The second-order valence-corrected chi connectivity index (χ2v) is 7.61. The second kappa shape index (κ2) is 7.81. The number of rotatable bonds is 5. The number of para-hydroxylation sites is 1. The molecule has 32 heavy (non-hydrogen) atoms. The van der Waals surface area contributed by atoms with E-state index in [2.05, 4.69) is 0 Å². The molecule has 0 saturated carbocycles. The zero-order valence-electron chi connectivity index (χ0n) is 16.9. The summed E-state index contributed by atoms with van der Waals surface area (Å²) in [6.45, 7) is 0.0969. The highest BCUT2D eigenvalue weighted by Crippen LogP contribution is 2.40. The monoisotopic (exact) mass is 427 g/mol. The van der Waals surface area contributed by atoms with Crippen molar-refractivity contribution in [2.75, 3.05) is 0 Å². The molecule has 1 amide bonds. The van der Waals surface area contributed by atoms with Crippen molar-refractivity contribution < 1.29 is 23.5 Å². The molecular formula is C26H18FNO4. The summed E-state index contributed by atoms with van der Waals surface area (Å²) >= 11 is 0. The van der Waals surface area contributed by atoms with E-state index in [1.54, 1.807) is 54.6 Å². The van der Waals surface area contributed by atoms with Crippen LogP contribution in [0.3, 0.4) is 0 Å². The van der Waals surface area contributed by atoms with Crippen LogP contribution < -0.4 is 0 Å². The Bertz CT molecular complexity index is 1320. The summed E-state index contributed by atoms with van der Waals surface area (Å²) in [4.78, 5) is 27.9. The number of carbonyl (C=O) groups is 2. The van der Waals surface area contributed by atoms with Crippen molar-refractivity contribution >= 4 is 22.7 Å². The molecule has 0 radical (unpaired) electrons. The van der Waals surface area contributed by atoms with Crippen molar-refractivity contribution in [3.63, 3.8) is 0 Å². The Morgan fingerprint density at radius 1 is 0.969 bits per heavy atom. The molecule has 0 saturated heterocycles. The summed E-state index contributed by atoms with van der Waals surface area (Å²) in [5.74, 6) is -2.16. The molecule has 158 valence electrons. The van der Waals surface area contributed by atoms with E-state index in [-0.39, 0.29) is 23.7 Å². The van der Waals surface area contributed by atoms with Crippen LogP contribution in [0.2, 0.25) is 0 Å². The number of ketones is 1. The van der Waals surface area contributed by atoms with Gasteiger partial charge in [0.1, 0.15) is 11.4 Å². The smallest absolute Gasteiger partial charge is 0.290 e. The summed E-state index contributed by atoms with van der Waals surface area (Å²) in [7, 11) is 0. The van der Waals surface area contributed by atoms with Gasteiger partial charge in [-0.3, -0.25) is 9.59 Å². The van der Waals surface area contributed by atoms with Crippen LogP contribution in [0.4, 0.5) is 4.39 Å². The van der Waals surface area contributed by atoms with Gasteiger partial charge in [0.2, 0.25) is 5.78 Å². The third kappa shape index (κ3) is 3.36. The van der Waals surface area contributed by atoms with Gasteiger partial charge in [-0.1, -0.05) is 60.7 Å². The molecule has 1 N–H and O–H groups in total. The highest BCUT2D eigenvalue weighted by atomic mass is 19.1. The van der Waals surface area contributed by atoms with E-state index in [1.807, 2.05) is 18.2 Å². The molecule has 1 aliphatic heterocycles. The number of aliphatic hydroxyl groups excluding tert-OH is 1. The number of halogens is 1. The lowest BCUT2D eigenvalue weighted by atomic mass is 9.95. The Morgan fingerprint density at radius 2 is 1.66 bits per heavy atom. The van der Waals surface area contributed by atoms with Gasteiger partial charge in [-0.15, -0.1) is 0 Å². The van der Waals surface area contributed by atoms with Gasteiger partial charge in [-0.05, 0) is 35.4 Å². The molecular weight excluding hydrogens is 409 g/mol. The topological polar surface area (TPSA) is 70.8 Å². The third-order valence-electron chi connectivity index (χ3n) is 5.58. The average molecular weight is 427 g/mol. The van der Waals surface area contributed by atoms with Crippen molar-refractivity contribution in [1.82, 2.24) is 4.90 Å². The molecule has 0 bridgehead atoms. The van der Waals surface area contributed by atoms with Crippen molar-refractivity contribution in [3.8, 4) is 0 Å². The average Bonchev–Trinajstić information content (AvgIpc) is 3.35.